The van der Waals surface area contributed by atoms with Gasteiger partial charge in [0.2, 0.25) is 0 Å². The summed E-state index contributed by atoms with van der Waals surface area (Å²) in [5.41, 5.74) is 7.80. The second-order valence-corrected chi connectivity index (χ2v) is 8.19. The van der Waals surface area contributed by atoms with Crippen LogP contribution in [0.5, 0.6) is 0 Å². The van der Waals surface area contributed by atoms with E-state index in [4.69, 9.17) is 10.5 Å². The predicted octanol–water partition coefficient (Wildman–Crippen LogP) is 3.44. The molecule has 5 heteroatoms. The monoisotopic (exact) mass is 384 g/mol. The zero-order valence-electron chi connectivity index (χ0n) is 17.0. The quantitative estimate of drug-likeness (QED) is 0.651. The fourth-order valence-corrected chi connectivity index (χ4v) is 3.05. The molecule has 0 saturated heterocycles. The van der Waals surface area contributed by atoms with E-state index < -0.39 is 23.8 Å². The molecule has 0 spiro atoms. The summed E-state index contributed by atoms with van der Waals surface area (Å²) in [6.45, 7) is 5.47. The molecular formula is C23H32N2O3. The minimum absolute atomic E-state index is 0.283. The number of aliphatic hydroxyl groups is 1. The maximum atomic E-state index is 12.3. The Kier molecular flexibility index (Phi) is 8.03. The molecule has 1 amide bonds. The molecule has 0 unspecified atom stereocenters. The topological polar surface area (TPSA) is 84.6 Å². The minimum atomic E-state index is -0.746. The van der Waals surface area contributed by atoms with Crippen LogP contribution in [0.3, 0.4) is 0 Å². The lowest BCUT2D eigenvalue weighted by atomic mass is 9.94. The van der Waals surface area contributed by atoms with Crippen molar-refractivity contribution in [1.82, 2.24) is 5.32 Å². The smallest absolute Gasteiger partial charge is 0.407 e. The van der Waals surface area contributed by atoms with Gasteiger partial charge in [0.25, 0.3) is 0 Å². The fourth-order valence-electron chi connectivity index (χ4n) is 3.05. The van der Waals surface area contributed by atoms with E-state index in [0.29, 0.717) is 19.3 Å². The number of carbonyl (C=O) groups excluding carboxylic acids is 1. The van der Waals surface area contributed by atoms with Gasteiger partial charge in [0.1, 0.15) is 5.60 Å². The zero-order valence-corrected chi connectivity index (χ0v) is 17.0. The number of nitrogens with one attached hydrogen (secondary N) is 1. The minimum Gasteiger partial charge on any atom is -0.444 e. The lowest BCUT2D eigenvalue weighted by Crippen LogP contribution is -2.46. The highest BCUT2D eigenvalue weighted by atomic mass is 16.6. The van der Waals surface area contributed by atoms with Crippen LogP contribution in [0.1, 0.15) is 38.3 Å². The van der Waals surface area contributed by atoms with Gasteiger partial charge in [-0.25, -0.2) is 4.79 Å². The van der Waals surface area contributed by atoms with Gasteiger partial charge < -0.3 is 20.9 Å². The maximum absolute atomic E-state index is 12.3. The summed E-state index contributed by atoms with van der Waals surface area (Å²) in [4.78, 5) is 12.3. The van der Waals surface area contributed by atoms with E-state index in [2.05, 4.69) is 5.32 Å². The van der Waals surface area contributed by atoms with Gasteiger partial charge in [-0.3, -0.25) is 0 Å². The van der Waals surface area contributed by atoms with Crippen molar-refractivity contribution < 1.29 is 14.6 Å². The summed E-state index contributed by atoms with van der Waals surface area (Å²) in [7, 11) is 0. The van der Waals surface area contributed by atoms with Crippen molar-refractivity contribution in [2.45, 2.75) is 63.8 Å². The molecule has 5 nitrogen and oxygen atoms in total. The molecule has 4 N–H and O–H groups in total. The van der Waals surface area contributed by atoms with E-state index in [9.17, 15) is 9.90 Å². The molecule has 0 aromatic heterocycles. The number of aliphatic hydroxyl groups excluding tert-OH is 1. The van der Waals surface area contributed by atoms with Gasteiger partial charge in [-0.15, -0.1) is 0 Å². The number of amides is 1. The third-order valence-electron chi connectivity index (χ3n) is 4.38. The second-order valence-electron chi connectivity index (χ2n) is 8.19. The highest BCUT2D eigenvalue weighted by Gasteiger charge is 2.24. The molecule has 2 aromatic rings. The van der Waals surface area contributed by atoms with E-state index in [1.54, 1.807) is 0 Å². The fraction of sp³-hybridized carbons (Fsp3) is 0.435. The first kappa shape index (κ1) is 21.9. The van der Waals surface area contributed by atoms with Crippen LogP contribution < -0.4 is 11.1 Å². The normalized spacial score (nSPS) is 14.8. The lowest BCUT2D eigenvalue weighted by molar-refractivity contribution is 0.0475. The second kappa shape index (κ2) is 10.2. The molecule has 0 aliphatic carbocycles. The number of nitrogens with two attached hydrogens (primary N) is 1. The summed E-state index contributed by atoms with van der Waals surface area (Å²) < 4.78 is 5.38. The lowest BCUT2D eigenvalue weighted by Gasteiger charge is -2.27. The molecule has 0 bridgehead atoms. The number of carbonyl (C=O) groups is 1. The predicted molar refractivity (Wildman–Crippen MR) is 112 cm³/mol. The average Bonchev–Trinajstić information content (AvgIpc) is 2.61. The molecule has 0 aliphatic heterocycles. The molecule has 28 heavy (non-hydrogen) atoms. The Morgan fingerprint density at radius 3 is 2.00 bits per heavy atom. The molecule has 0 radical (unpaired) electrons. The van der Waals surface area contributed by atoms with Crippen LogP contribution in [-0.2, 0) is 17.6 Å². The van der Waals surface area contributed by atoms with Crippen molar-refractivity contribution in [3.63, 3.8) is 0 Å². The van der Waals surface area contributed by atoms with E-state index in [1.807, 2.05) is 81.4 Å². The van der Waals surface area contributed by atoms with Crippen molar-refractivity contribution >= 4 is 6.09 Å². The first-order valence-electron chi connectivity index (χ1n) is 9.74. The highest BCUT2D eigenvalue weighted by molar-refractivity contribution is 5.68. The van der Waals surface area contributed by atoms with Gasteiger partial charge >= 0.3 is 6.09 Å². The zero-order chi connectivity index (χ0) is 20.6. The van der Waals surface area contributed by atoms with Crippen molar-refractivity contribution in [1.29, 1.82) is 0 Å². The Labute approximate surface area is 167 Å². The molecule has 0 saturated carbocycles. The van der Waals surface area contributed by atoms with Gasteiger partial charge in [0.15, 0.2) is 0 Å². The standard InChI is InChI=1S/C23H32N2O3/c1-23(2,3)28-22(27)25-19(14-17-10-6-4-7-11-17)16-21(26)20(24)15-18-12-8-5-9-13-18/h4-13,19-21,26H,14-16,24H2,1-3H3,(H,25,27)/t19-,20+,21+/m1/s1. The van der Waals surface area contributed by atoms with Crippen LogP contribution in [-0.4, -0.2) is 35.0 Å². The van der Waals surface area contributed by atoms with Crippen LogP contribution in [0.15, 0.2) is 60.7 Å². The third-order valence-corrected chi connectivity index (χ3v) is 4.38. The number of rotatable bonds is 8. The average molecular weight is 385 g/mol. The summed E-state index contributed by atoms with van der Waals surface area (Å²) >= 11 is 0. The summed E-state index contributed by atoms with van der Waals surface area (Å²) in [5.74, 6) is 0. The molecule has 0 heterocycles. The summed E-state index contributed by atoms with van der Waals surface area (Å²) in [6.07, 6.45) is 0.283. The van der Waals surface area contributed by atoms with Crippen LogP contribution in [0.4, 0.5) is 4.79 Å². The van der Waals surface area contributed by atoms with Crippen molar-refractivity contribution in [2.75, 3.05) is 0 Å². The first-order valence-corrected chi connectivity index (χ1v) is 9.74. The molecule has 152 valence electrons. The number of ether oxygens (including phenoxy) is 1. The van der Waals surface area contributed by atoms with E-state index in [0.717, 1.165) is 11.1 Å². The van der Waals surface area contributed by atoms with Gasteiger partial charge in [0.05, 0.1) is 6.10 Å². The van der Waals surface area contributed by atoms with E-state index in [1.165, 1.54) is 0 Å². The van der Waals surface area contributed by atoms with Crippen LogP contribution in [0.25, 0.3) is 0 Å². The maximum Gasteiger partial charge on any atom is 0.407 e. The molecule has 3 atom stereocenters. The summed E-state index contributed by atoms with van der Waals surface area (Å²) in [5, 5.41) is 13.6. The Hall–Kier alpha value is -2.37. The van der Waals surface area contributed by atoms with E-state index in [-0.39, 0.29) is 6.04 Å². The van der Waals surface area contributed by atoms with Crippen LogP contribution in [0, 0.1) is 0 Å². The Balaban J connectivity index is 2.01. The number of alkyl carbamates (subject to hydrolysis) is 1. The first-order chi connectivity index (χ1) is 13.2. The van der Waals surface area contributed by atoms with Crippen molar-refractivity contribution in [2.24, 2.45) is 5.73 Å². The van der Waals surface area contributed by atoms with E-state index >= 15 is 0 Å². The summed E-state index contributed by atoms with van der Waals surface area (Å²) in [6, 6.07) is 19.0. The Morgan fingerprint density at radius 1 is 1.00 bits per heavy atom. The molecule has 0 aliphatic rings. The number of benzene rings is 2. The SMILES string of the molecule is CC(C)(C)OC(=O)N[C@H](Cc1ccccc1)C[C@H](O)[C@@H](N)Cc1ccccc1. The van der Waals surface area contributed by atoms with Crippen LogP contribution >= 0.6 is 0 Å². The largest absolute Gasteiger partial charge is 0.444 e. The van der Waals surface area contributed by atoms with Gasteiger partial charge in [0, 0.05) is 12.1 Å². The molecule has 0 fully saturated rings. The number of hydrogen-bond donors (Lipinski definition) is 3. The van der Waals surface area contributed by atoms with Crippen molar-refractivity contribution in [3.05, 3.63) is 71.8 Å². The molecular weight excluding hydrogens is 352 g/mol. The number of hydrogen-bond acceptors (Lipinski definition) is 4. The molecule has 2 rings (SSSR count). The highest BCUT2D eigenvalue weighted by Crippen LogP contribution is 2.14. The molecule has 2 aromatic carbocycles. The Morgan fingerprint density at radius 2 is 1.50 bits per heavy atom. The van der Waals surface area contributed by atoms with Crippen molar-refractivity contribution in [3.8, 4) is 0 Å². The van der Waals surface area contributed by atoms with Gasteiger partial charge in [-0.2, -0.15) is 0 Å². The third kappa shape index (κ3) is 8.11. The van der Waals surface area contributed by atoms with Crippen LogP contribution in [0.2, 0.25) is 0 Å². The van der Waals surface area contributed by atoms with Gasteiger partial charge in [-0.1, -0.05) is 60.7 Å². The Bertz CT molecular complexity index is 714. The van der Waals surface area contributed by atoms with Gasteiger partial charge in [-0.05, 0) is 51.2 Å².